The Labute approximate surface area is 72.1 Å². The van der Waals surface area contributed by atoms with Crippen LogP contribution in [0.1, 0.15) is 0 Å². The summed E-state index contributed by atoms with van der Waals surface area (Å²) in [4.78, 5) is 15.9. The molecule has 1 heterocycles. The Kier molecular flexibility index (Phi) is 2.42. The fourth-order valence-corrected chi connectivity index (χ4v) is 0.710. The lowest BCUT2D eigenvalue weighted by Crippen LogP contribution is -2.17. The van der Waals surface area contributed by atoms with Gasteiger partial charge in [0, 0.05) is 28.2 Å². The van der Waals surface area contributed by atoms with E-state index in [0.29, 0.717) is 11.9 Å². The smallest absolute Gasteiger partial charge is 0.229 e. The molecule has 0 radical (unpaired) electrons. The van der Waals surface area contributed by atoms with E-state index in [4.69, 9.17) is 0 Å². The van der Waals surface area contributed by atoms with E-state index < -0.39 is 0 Å². The highest BCUT2D eigenvalue weighted by molar-refractivity contribution is 5.34. The third-order valence-corrected chi connectivity index (χ3v) is 1.35. The lowest BCUT2D eigenvalue weighted by molar-refractivity contribution is 0.914. The van der Waals surface area contributed by atoms with Gasteiger partial charge in [-0.3, -0.25) is 0 Å². The average molecular weight is 167 g/mol. The van der Waals surface area contributed by atoms with Gasteiger partial charge in [-0.15, -0.1) is 0 Å². The molecular formula is C7H13N5. The molecule has 0 bridgehead atoms. The van der Waals surface area contributed by atoms with Crippen molar-refractivity contribution < 1.29 is 0 Å². The van der Waals surface area contributed by atoms with Gasteiger partial charge in [-0.2, -0.15) is 4.98 Å². The van der Waals surface area contributed by atoms with Crippen LogP contribution in [-0.2, 0) is 0 Å². The van der Waals surface area contributed by atoms with E-state index in [1.54, 1.807) is 0 Å². The molecule has 0 amide bonds. The molecule has 12 heavy (non-hydrogen) atoms. The van der Waals surface area contributed by atoms with Crippen LogP contribution in [0.4, 0.5) is 11.9 Å². The molecule has 1 aromatic rings. The lowest BCUT2D eigenvalue weighted by Gasteiger charge is -2.13. The number of aromatic nitrogens is 3. The first-order valence-electron chi connectivity index (χ1n) is 3.65. The third kappa shape index (κ3) is 1.81. The second-order valence-electron chi connectivity index (χ2n) is 2.87. The van der Waals surface area contributed by atoms with Crippen LogP contribution < -0.4 is 9.80 Å². The normalized spacial score (nSPS) is 9.67. The highest BCUT2D eigenvalue weighted by Crippen LogP contribution is 2.05. The highest BCUT2D eigenvalue weighted by Gasteiger charge is 2.02. The molecule has 0 atom stereocenters. The molecule has 0 aromatic carbocycles. The summed E-state index contributed by atoms with van der Waals surface area (Å²) in [6.07, 6.45) is 1.51. The first-order valence-corrected chi connectivity index (χ1v) is 3.65. The summed E-state index contributed by atoms with van der Waals surface area (Å²) in [5.41, 5.74) is 0. The Morgan fingerprint density at radius 2 is 1.33 bits per heavy atom. The van der Waals surface area contributed by atoms with Gasteiger partial charge in [-0.05, 0) is 0 Å². The quantitative estimate of drug-likeness (QED) is 0.620. The average Bonchev–Trinajstić information content (AvgIpc) is 2.04. The Hall–Kier alpha value is -1.39. The maximum Gasteiger partial charge on any atom is 0.229 e. The van der Waals surface area contributed by atoms with Crippen molar-refractivity contribution in [1.29, 1.82) is 0 Å². The molecule has 5 nitrogen and oxygen atoms in total. The Morgan fingerprint density at radius 3 is 1.67 bits per heavy atom. The van der Waals surface area contributed by atoms with Gasteiger partial charge in [0.25, 0.3) is 0 Å². The van der Waals surface area contributed by atoms with Crippen LogP contribution in [0.25, 0.3) is 0 Å². The predicted molar refractivity (Wildman–Crippen MR) is 48.5 cm³/mol. The molecule has 5 heteroatoms. The topological polar surface area (TPSA) is 45.2 Å². The van der Waals surface area contributed by atoms with Gasteiger partial charge in [-0.25, -0.2) is 9.97 Å². The summed E-state index contributed by atoms with van der Waals surface area (Å²) in [5.74, 6) is 1.35. The summed E-state index contributed by atoms with van der Waals surface area (Å²) >= 11 is 0. The molecule has 0 saturated carbocycles. The summed E-state index contributed by atoms with van der Waals surface area (Å²) in [6.45, 7) is 0. The van der Waals surface area contributed by atoms with Gasteiger partial charge in [0.05, 0.1) is 0 Å². The molecule has 0 saturated heterocycles. The van der Waals surface area contributed by atoms with Crippen LogP contribution in [0.3, 0.4) is 0 Å². The Bertz CT molecular complexity index is 234. The summed E-state index contributed by atoms with van der Waals surface area (Å²) in [6, 6.07) is 0. The van der Waals surface area contributed by atoms with E-state index in [-0.39, 0.29) is 0 Å². The van der Waals surface area contributed by atoms with E-state index in [1.165, 1.54) is 6.33 Å². The molecule has 0 fully saturated rings. The third-order valence-electron chi connectivity index (χ3n) is 1.35. The Balaban J connectivity index is 2.96. The van der Waals surface area contributed by atoms with Crippen LogP contribution in [0.15, 0.2) is 6.33 Å². The van der Waals surface area contributed by atoms with Crippen molar-refractivity contribution >= 4 is 11.9 Å². The van der Waals surface area contributed by atoms with E-state index in [9.17, 15) is 0 Å². The van der Waals surface area contributed by atoms with Crippen LogP contribution in [0, 0.1) is 0 Å². The van der Waals surface area contributed by atoms with E-state index in [0.717, 1.165) is 0 Å². The van der Waals surface area contributed by atoms with Crippen LogP contribution in [0.5, 0.6) is 0 Å². The zero-order valence-corrected chi connectivity index (χ0v) is 7.81. The molecule has 1 aromatic heterocycles. The maximum atomic E-state index is 4.20. The number of hydrogen-bond acceptors (Lipinski definition) is 5. The molecule has 0 aliphatic carbocycles. The lowest BCUT2D eigenvalue weighted by atomic mass is 10.7. The monoisotopic (exact) mass is 167 g/mol. The minimum absolute atomic E-state index is 0.675. The van der Waals surface area contributed by atoms with Gasteiger partial charge in [0.2, 0.25) is 11.9 Å². The zero-order valence-electron chi connectivity index (χ0n) is 7.81. The fraction of sp³-hybridized carbons (Fsp3) is 0.571. The van der Waals surface area contributed by atoms with E-state index in [2.05, 4.69) is 15.0 Å². The Morgan fingerprint density at radius 1 is 0.917 bits per heavy atom. The van der Waals surface area contributed by atoms with Crippen molar-refractivity contribution in [2.45, 2.75) is 0 Å². The van der Waals surface area contributed by atoms with Crippen molar-refractivity contribution in [2.24, 2.45) is 0 Å². The molecule has 0 spiro atoms. The molecular weight excluding hydrogens is 154 g/mol. The number of hydrogen-bond donors (Lipinski definition) is 0. The summed E-state index contributed by atoms with van der Waals surface area (Å²) in [5, 5.41) is 0. The first kappa shape index (κ1) is 8.70. The van der Waals surface area contributed by atoms with Crippen molar-refractivity contribution in [1.82, 2.24) is 15.0 Å². The van der Waals surface area contributed by atoms with Gasteiger partial charge in [0.15, 0.2) is 0 Å². The van der Waals surface area contributed by atoms with Gasteiger partial charge < -0.3 is 9.80 Å². The summed E-state index contributed by atoms with van der Waals surface area (Å²) < 4.78 is 0. The number of rotatable bonds is 2. The molecule has 66 valence electrons. The predicted octanol–water partition coefficient (Wildman–Crippen LogP) is 0.00360. The SMILES string of the molecule is CN(C)c1ncnc(N(C)C)n1. The van der Waals surface area contributed by atoms with Crippen molar-refractivity contribution in [2.75, 3.05) is 38.0 Å². The summed E-state index contributed by atoms with van der Waals surface area (Å²) in [7, 11) is 7.59. The van der Waals surface area contributed by atoms with Crippen LogP contribution >= 0.6 is 0 Å². The second-order valence-corrected chi connectivity index (χ2v) is 2.87. The van der Waals surface area contributed by atoms with Crippen LogP contribution in [-0.4, -0.2) is 43.1 Å². The highest BCUT2D eigenvalue weighted by atomic mass is 15.3. The van der Waals surface area contributed by atoms with Crippen molar-refractivity contribution in [3.05, 3.63) is 6.33 Å². The number of nitrogens with zero attached hydrogens (tertiary/aromatic N) is 5. The fourth-order valence-electron chi connectivity index (χ4n) is 0.710. The molecule has 0 aliphatic heterocycles. The van der Waals surface area contributed by atoms with E-state index >= 15 is 0 Å². The maximum absolute atomic E-state index is 4.20. The minimum Gasteiger partial charge on any atom is -0.347 e. The largest absolute Gasteiger partial charge is 0.347 e. The number of anilines is 2. The molecule has 0 unspecified atom stereocenters. The van der Waals surface area contributed by atoms with Gasteiger partial charge in [-0.1, -0.05) is 0 Å². The zero-order chi connectivity index (χ0) is 9.14. The van der Waals surface area contributed by atoms with Gasteiger partial charge >= 0.3 is 0 Å². The van der Waals surface area contributed by atoms with E-state index in [1.807, 2.05) is 38.0 Å². The second kappa shape index (κ2) is 3.34. The molecule has 1 rings (SSSR count). The first-order chi connectivity index (χ1) is 5.61. The van der Waals surface area contributed by atoms with Crippen molar-refractivity contribution in [3.8, 4) is 0 Å². The van der Waals surface area contributed by atoms with Crippen molar-refractivity contribution in [3.63, 3.8) is 0 Å². The standard InChI is InChI=1S/C7H13N5/c1-11(2)6-8-5-9-7(10-6)12(3)4/h5H,1-4H3. The minimum atomic E-state index is 0.675. The molecule has 0 N–H and O–H groups in total. The van der Waals surface area contributed by atoms with Gasteiger partial charge in [0.1, 0.15) is 6.33 Å². The van der Waals surface area contributed by atoms with Crippen LogP contribution in [0.2, 0.25) is 0 Å². The molecule has 0 aliphatic rings.